The molecule has 0 fully saturated rings. The summed E-state index contributed by atoms with van der Waals surface area (Å²) in [5.74, 6) is 0.111. The van der Waals surface area contributed by atoms with Gasteiger partial charge < -0.3 is 10.1 Å². The van der Waals surface area contributed by atoms with Crippen LogP contribution < -0.4 is 10.1 Å². The molecule has 0 radical (unpaired) electrons. The number of hydrogen-bond donors (Lipinski definition) is 1. The van der Waals surface area contributed by atoms with Crippen molar-refractivity contribution in [1.29, 1.82) is 0 Å². The number of anilines is 1. The van der Waals surface area contributed by atoms with E-state index in [4.69, 9.17) is 4.74 Å². The van der Waals surface area contributed by atoms with E-state index >= 15 is 0 Å². The van der Waals surface area contributed by atoms with Crippen LogP contribution in [0.5, 0.6) is 5.75 Å². The summed E-state index contributed by atoms with van der Waals surface area (Å²) in [6, 6.07) is 13.4. The van der Waals surface area contributed by atoms with Crippen LogP contribution in [0.15, 0.2) is 48.5 Å². The van der Waals surface area contributed by atoms with Crippen molar-refractivity contribution in [2.75, 3.05) is 18.7 Å². The molecule has 1 unspecified atom stereocenters. The number of carbonyl (C=O) groups is 1. The summed E-state index contributed by atoms with van der Waals surface area (Å²) < 4.78 is 5.16. The molecule has 2 rings (SSSR count). The Hall–Kier alpha value is -2.54. The predicted molar refractivity (Wildman–Crippen MR) is 91.0 cm³/mol. The zero-order chi connectivity index (χ0) is 16.8. The molecular formula is C16H16N2O4S. The van der Waals surface area contributed by atoms with E-state index in [1.165, 1.54) is 37.1 Å². The SMILES string of the molecule is COc1ccc([N+](=O)[O-])cc1NC(=O)C(SC)c1ccccc1. The number of non-ortho nitro benzene ring substituents is 1. The summed E-state index contributed by atoms with van der Waals surface area (Å²) >= 11 is 1.39. The Balaban J connectivity index is 2.28. The Bertz CT molecular complexity index is 706. The maximum atomic E-state index is 12.5. The molecule has 0 bridgehead atoms. The highest BCUT2D eigenvalue weighted by Crippen LogP contribution is 2.32. The molecule has 1 atom stereocenters. The molecule has 0 saturated heterocycles. The van der Waals surface area contributed by atoms with Gasteiger partial charge in [0.05, 0.1) is 17.7 Å². The van der Waals surface area contributed by atoms with Crippen molar-refractivity contribution in [3.8, 4) is 5.75 Å². The van der Waals surface area contributed by atoms with Gasteiger partial charge >= 0.3 is 0 Å². The monoisotopic (exact) mass is 332 g/mol. The molecule has 0 heterocycles. The van der Waals surface area contributed by atoms with Crippen LogP contribution in [0.2, 0.25) is 0 Å². The summed E-state index contributed by atoms with van der Waals surface area (Å²) in [5.41, 5.74) is 1.03. The minimum atomic E-state index is -0.516. The second-order valence-corrected chi connectivity index (χ2v) is 5.60. The molecule has 7 heteroatoms. The number of nitrogens with one attached hydrogen (secondary N) is 1. The summed E-state index contributed by atoms with van der Waals surface area (Å²) in [4.78, 5) is 22.9. The number of amides is 1. The van der Waals surface area contributed by atoms with Crippen molar-refractivity contribution < 1.29 is 14.5 Å². The van der Waals surface area contributed by atoms with Crippen molar-refractivity contribution in [2.45, 2.75) is 5.25 Å². The average molecular weight is 332 g/mol. The first-order valence-electron chi connectivity index (χ1n) is 6.78. The number of nitro groups is 1. The second-order valence-electron chi connectivity index (χ2n) is 4.66. The van der Waals surface area contributed by atoms with Gasteiger partial charge in [0.15, 0.2) is 0 Å². The fraction of sp³-hybridized carbons (Fsp3) is 0.188. The highest BCUT2D eigenvalue weighted by Gasteiger charge is 2.21. The zero-order valence-electron chi connectivity index (χ0n) is 12.7. The van der Waals surface area contributed by atoms with Gasteiger partial charge in [-0.2, -0.15) is 0 Å². The molecule has 0 spiro atoms. The molecule has 6 nitrogen and oxygen atoms in total. The number of nitrogens with zero attached hydrogens (tertiary/aromatic N) is 1. The lowest BCUT2D eigenvalue weighted by Crippen LogP contribution is -2.19. The number of ether oxygens (including phenoxy) is 1. The summed E-state index contributed by atoms with van der Waals surface area (Å²) in [7, 11) is 1.44. The molecule has 120 valence electrons. The van der Waals surface area contributed by atoms with Crippen LogP contribution in [-0.2, 0) is 4.79 Å². The molecule has 0 aliphatic rings. The molecular weight excluding hydrogens is 316 g/mol. The predicted octanol–water partition coefficient (Wildman–Crippen LogP) is 3.65. The highest BCUT2D eigenvalue weighted by molar-refractivity contribution is 7.99. The standard InChI is InChI=1S/C16H16N2O4S/c1-22-14-9-8-12(18(20)21)10-13(14)17-16(19)15(23-2)11-6-4-3-5-7-11/h3-10,15H,1-2H3,(H,17,19). The van der Waals surface area contributed by atoms with Gasteiger partial charge in [-0.1, -0.05) is 30.3 Å². The number of methoxy groups -OCH3 is 1. The van der Waals surface area contributed by atoms with Crippen LogP contribution in [0.4, 0.5) is 11.4 Å². The quantitative estimate of drug-likeness (QED) is 0.645. The normalized spacial score (nSPS) is 11.6. The zero-order valence-corrected chi connectivity index (χ0v) is 13.5. The second kappa shape index (κ2) is 7.64. The van der Waals surface area contributed by atoms with Crippen LogP contribution >= 0.6 is 11.8 Å². The van der Waals surface area contributed by atoms with E-state index in [-0.39, 0.29) is 17.3 Å². The van der Waals surface area contributed by atoms with E-state index in [1.54, 1.807) is 0 Å². The number of carbonyl (C=O) groups excluding carboxylic acids is 1. The van der Waals surface area contributed by atoms with E-state index < -0.39 is 10.2 Å². The van der Waals surface area contributed by atoms with Gasteiger partial charge in [-0.25, -0.2) is 0 Å². The Morgan fingerprint density at radius 2 is 1.96 bits per heavy atom. The van der Waals surface area contributed by atoms with Gasteiger partial charge in [-0.3, -0.25) is 14.9 Å². The van der Waals surface area contributed by atoms with Crippen molar-refractivity contribution in [2.24, 2.45) is 0 Å². The molecule has 0 aliphatic carbocycles. The minimum Gasteiger partial charge on any atom is -0.495 e. The first-order chi connectivity index (χ1) is 11.1. The average Bonchev–Trinajstić information content (AvgIpc) is 2.56. The molecule has 2 aromatic carbocycles. The van der Waals surface area contributed by atoms with E-state index in [0.29, 0.717) is 5.75 Å². The Morgan fingerprint density at radius 1 is 1.26 bits per heavy atom. The maximum Gasteiger partial charge on any atom is 0.271 e. The lowest BCUT2D eigenvalue weighted by molar-refractivity contribution is -0.384. The topological polar surface area (TPSA) is 81.5 Å². The van der Waals surface area contributed by atoms with Gasteiger partial charge in [-0.15, -0.1) is 11.8 Å². The molecule has 0 aliphatic heterocycles. The first kappa shape index (κ1) is 16.8. The smallest absolute Gasteiger partial charge is 0.271 e. The molecule has 1 N–H and O–H groups in total. The van der Waals surface area contributed by atoms with E-state index in [9.17, 15) is 14.9 Å². The molecule has 2 aromatic rings. The number of benzene rings is 2. The third kappa shape index (κ3) is 4.01. The van der Waals surface area contributed by atoms with Gasteiger partial charge in [0.2, 0.25) is 5.91 Å². The Labute approximate surface area is 138 Å². The Kier molecular flexibility index (Phi) is 5.59. The van der Waals surface area contributed by atoms with E-state index in [0.717, 1.165) is 5.56 Å². The fourth-order valence-electron chi connectivity index (χ4n) is 2.13. The fourth-order valence-corrected chi connectivity index (χ4v) is 2.83. The van der Waals surface area contributed by atoms with Crippen LogP contribution in [0.25, 0.3) is 0 Å². The first-order valence-corrected chi connectivity index (χ1v) is 8.06. The van der Waals surface area contributed by atoms with E-state index in [1.807, 2.05) is 36.6 Å². The molecule has 0 aromatic heterocycles. The van der Waals surface area contributed by atoms with Gasteiger partial charge in [-0.05, 0) is 17.9 Å². The Morgan fingerprint density at radius 3 is 2.52 bits per heavy atom. The number of nitro benzene ring substituents is 1. The van der Waals surface area contributed by atoms with Crippen LogP contribution in [0, 0.1) is 10.1 Å². The minimum absolute atomic E-state index is 0.110. The van der Waals surface area contributed by atoms with Crippen molar-refractivity contribution >= 4 is 29.0 Å². The van der Waals surface area contributed by atoms with Gasteiger partial charge in [0.1, 0.15) is 11.0 Å². The number of hydrogen-bond acceptors (Lipinski definition) is 5. The summed E-state index contributed by atoms with van der Waals surface area (Å²) in [5, 5.41) is 13.2. The molecule has 0 saturated carbocycles. The number of thioether (sulfide) groups is 1. The van der Waals surface area contributed by atoms with Crippen molar-refractivity contribution in [1.82, 2.24) is 0 Å². The lowest BCUT2D eigenvalue weighted by Gasteiger charge is -2.16. The highest BCUT2D eigenvalue weighted by atomic mass is 32.2. The summed E-state index contributed by atoms with van der Waals surface area (Å²) in [6.07, 6.45) is 1.84. The summed E-state index contributed by atoms with van der Waals surface area (Å²) in [6.45, 7) is 0. The van der Waals surface area contributed by atoms with Crippen molar-refractivity contribution in [3.63, 3.8) is 0 Å². The van der Waals surface area contributed by atoms with Crippen molar-refractivity contribution in [3.05, 3.63) is 64.2 Å². The lowest BCUT2D eigenvalue weighted by atomic mass is 10.1. The van der Waals surface area contributed by atoms with E-state index in [2.05, 4.69) is 5.32 Å². The molecule has 1 amide bonds. The van der Waals surface area contributed by atoms with Crippen LogP contribution in [0.3, 0.4) is 0 Å². The number of rotatable bonds is 6. The third-order valence-corrected chi connectivity index (χ3v) is 4.19. The van der Waals surface area contributed by atoms with Gasteiger partial charge in [0, 0.05) is 12.1 Å². The third-order valence-electron chi connectivity index (χ3n) is 3.23. The van der Waals surface area contributed by atoms with Gasteiger partial charge in [0.25, 0.3) is 5.69 Å². The largest absolute Gasteiger partial charge is 0.495 e. The van der Waals surface area contributed by atoms with Crippen LogP contribution in [0.1, 0.15) is 10.8 Å². The molecule has 23 heavy (non-hydrogen) atoms. The maximum absolute atomic E-state index is 12.5. The van der Waals surface area contributed by atoms with Crippen LogP contribution in [-0.4, -0.2) is 24.2 Å².